The molecule has 6 nitrogen and oxygen atoms in total. The summed E-state index contributed by atoms with van der Waals surface area (Å²) in [6, 6.07) is 10.7. The molecule has 0 fully saturated rings. The van der Waals surface area contributed by atoms with E-state index < -0.39 is 11.9 Å². The van der Waals surface area contributed by atoms with Crippen LogP contribution >= 0.6 is 0 Å². The first kappa shape index (κ1) is 16.6. The molecule has 0 aliphatic heterocycles. The van der Waals surface area contributed by atoms with Gasteiger partial charge in [0, 0.05) is 22.7 Å². The summed E-state index contributed by atoms with van der Waals surface area (Å²) in [4.78, 5) is 27.3. The summed E-state index contributed by atoms with van der Waals surface area (Å²) in [7, 11) is 4.21. The Morgan fingerprint density at radius 2 is 1.56 bits per heavy atom. The van der Waals surface area contributed by atoms with Crippen LogP contribution in [0.1, 0.15) is 20.7 Å². The van der Waals surface area contributed by atoms with Crippen molar-refractivity contribution in [2.24, 2.45) is 0 Å². The minimum Gasteiger partial charge on any atom is -0.496 e. The lowest BCUT2D eigenvalue weighted by Crippen LogP contribution is -2.05. The molecule has 0 aliphatic carbocycles. The van der Waals surface area contributed by atoms with Gasteiger partial charge in [-0.1, -0.05) is 24.3 Å². The molecule has 0 radical (unpaired) electrons. The average Bonchev–Trinajstić information content (AvgIpc) is 3.10. The van der Waals surface area contributed by atoms with Gasteiger partial charge in [0.05, 0.1) is 38.0 Å². The van der Waals surface area contributed by atoms with Crippen molar-refractivity contribution >= 4 is 22.8 Å². The molecule has 25 heavy (non-hydrogen) atoms. The maximum atomic E-state index is 12.3. The molecule has 0 spiro atoms. The van der Waals surface area contributed by atoms with Gasteiger partial charge in [-0.05, 0) is 12.1 Å². The van der Waals surface area contributed by atoms with Crippen LogP contribution < -0.4 is 4.74 Å². The van der Waals surface area contributed by atoms with Crippen LogP contribution in [0.4, 0.5) is 0 Å². The van der Waals surface area contributed by atoms with E-state index >= 15 is 0 Å². The van der Waals surface area contributed by atoms with Crippen LogP contribution in [0.15, 0.2) is 42.6 Å². The van der Waals surface area contributed by atoms with Crippen LogP contribution in [0.3, 0.4) is 0 Å². The Bertz CT molecular complexity index is 958. The van der Waals surface area contributed by atoms with Crippen molar-refractivity contribution in [3.63, 3.8) is 0 Å². The van der Waals surface area contributed by atoms with Crippen molar-refractivity contribution in [2.75, 3.05) is 21.3 Å². The highest BCUT2D eigenvalue weighted by Gasteiger charge is 2.22. The first-order chi connectivity index (χ1) is 12.1. The highest BCUT2D eigenvalue weighted by Crippen LogP contribution is 2.38. The van der Waals surface area contributed by atoms with Crippen molar-refractivity contribution in [1.29, 1.82) is 0 Å². The van der Waals surface area contributed by atoms with Gasteiger partial charge in [0.25, 0.3) is 0 Å². The minimum absolute atomic E-state index is 0.373. The van der Waals surface area contributed by atoms with E-state index in [0.717, 1.165) is 0 Å². The standard InChI is InChI=1S/C19H17NO5/c1-23-15-7-5-4-6-12(15)16-13(18(21)24-2)9-8-11-14(19(22)25-3)10-20-17(11)16/h4-10,20H,1-3H3. The second-order valence-corrected chi connectivity index (χ2v) is 5.30. The molecule has 0 aliphatic rings. The van der Waals surface area contributed by atoms with Gasteiger partial charge in [-0.15, -0.1) is 0 Å². The molecule has 3 aromatic rings. The number of aromatic nitrogens is 1. The van der Waals surface area contributed by atoms with E-state index in [2.05, 4.69) is 4.98 Å². The zero-order valence-corrected chi connectivity index (χ0v) is 14.1. The molecule has 0 atom stereocenters. The van der Waals surface area contributed by atoms with E-state index in [4.69, 9.17) is 14.2 Å². The monoisotopic (exact) mass is 339 g/mol. The van der Waals surface area contributed by atoms with Gasteiger partial charge in [-0.3, -0.25) is 0 Å². The average molecular weight is 339 g/mol. The molecule has 0 unspecified atom stereocenters. The third-order valence-corrected chi connectivity index (χ3v) is 4.04. The molecular formula is C19H17NO5. The highest BCUT2D eigenvalue weighted by molar-refractivity contribution is 6.13. The fraction of sp³-hybridized carbons (Fsp3) is 0.158. The van der Waals surface area contributed by atoms with Gasteiger partial charge in [-0.25, -0.2) is 9.59 Å². The number of hydrogen-bond acceptors (Lipinski definition) is 5. The SMILES string of the molecule is COC(=O)c1ccc2c(C(=O)OC)c[nH]c2c1-c1ccccc1OC. The number of nitrogens with one attached hydrogen (secondary N) is 1. The number of para-hydroxylation sites is 1. The summed E-state index contributed by atoms with van der Waals surface area (Å²) in [6.45, 7) is 0. The number of carbonyl (C=O) groups is 2. The maximum absolute atomic E-state index is 12.3. The van der Waals surface area contributed by atoms with E-state index in [9.17, 15) is 9.59 Å². The zero-order valence-electron chi connectivity index (χ0n) is 14.1. The van der Waals surface area contributed by atoms with Crippen molar-refractivity contribution < 1.29 is 23.8 Å². The van der Waals surface area contributed by atoms with Crippen molar-refractivity contribution in [2.45, 2.75) is 0 Å². The number of rotatable bonds is 4. The lowest BCUT2D eigenvalue weighted by atomic mass is 9.95. The second-order valence-electron chi connectivity index (χ2n) is 5.30. The topological polar surface area (TPSA) is 77.6 Å². The van der Waals surface area contributed by atoms with Crippen LogP contribution in [0.2, 0.25) is 0 Å². The maximum Gasteiger partial charge on any atom is 0.340 e. The quantitative estimate of drug-likeness (QED) is 0.737. The number of methoxy groups -OCH3 is 3. The molecule has 2 aromatic carbocycles. The lowest BCUT2D eigenvalue weighted by molar-refractivity contribution is 0.0594. The molecule has 1 N–H and O–H groups in total. The van der Waals surface area contributed by atoms with Gasteiger partial charge in [0.15, 0.2) is 0 Å². The number of hydrogen-bond donors (Lipinski definition) is 1. The largest absolute Gasteiger partial charge is 0.496 e. The molecular weight excluding hydrogens is 322 g/mol. The molecule has 1 aromatic heterocycles. The number of fused-ring (bicyclic) bond motifs is 1. The van der Waals surface area contributed by atoms with Crippen LogP contribution in [0, 0.1) is 0 Å². The minimum atomic E-state index is -0.475. The van der Waals surface area contributed by atoms with Crippen molar-refractivity contribution in [3.05, 3.63) is 53.7 Å². The Kier molecular flexibility index (Phi) is 4.43. The summed E-state index contributed by atoms with van der Waals surface area (Å²) >= 11 is 0. The van der Waals surface area contributed by atoms with E-state index in [-0.39, 0.29) is 0 Å². The Hall–Kier alpha value is -3.28. The summed E-state index contributed by atoms with van der Waals surface area (Å²) in [5.74, 6) is -0.325. The second kappa shape index (κ2) is 6.68. The summed E-state index contributed by atoms with van der Waals surface area (Å²) in [5.41, 5.74) is 2.72. The summed E-state index contributed by atoms with van der Waals surface area (Å²) in [5, 5.41) is 0.653. The smallest absolute Gasteiger partial charge is 0.340 e. The fourth-order valence-electron chi connectivity index (χ4n) is 2.89. The third kappa shape index (κ3) is 2.71. The normalized spacial score (nSPS) is 10.5. The van der Waals surface area contributed by atoms with Crippen molar-refractivity contribution in [3.8, 4) is 16.9 Å². The summed E-state index contributed by atoms with van der Waals surface area (Å²) < 4.78 is 15.2. The Labute approximate surface area is 144 Å². The molecule has 0 saturated carbocycles. The first-order valence-electron chi connectivity index (χ1n) is 7.56. The van der Waals surface area contributed by atoms with Gasteiger partial charge in [-0.2, -0.15) is 0 Å². The van der Waals surface area contributed by atoms with Crippen LogP contribution in [-0.4, -0.2) is 38.3 Å². The van der Waals surface area contributed by atoms with Gasteiger partial charge in [0.1, 0.15) is 5.75 Å². The van der Waals surface area contributed by atoms with E-state index in [1.807, 2.05) is 18.2 Å². The molecule has 1 heterocycles. The summed E-state index contributed by atoms with van der Waals surface area (Å²) in [6.07, 6.45) is 1.57. The molecule has 3 rings (SSSR count). The van der Waals surface area contributed by atoms with Crippen molar-refractivity contribution in [1.82, 2.24) is 4.98 Å². The van der Waals surface area contributed by atoms with E-state index in [1.165, 1.54) is 14.2 Å². The Balaban J connectivity index is 2.38. The number of esters is 2. The van der Waals surface area contributed by atoms with Crippen LogP contribution in [0.5, 0.6) is 5.75 Å². The molecule has 128 valence electrons. The molecule has 0 amide bonds. The van der Waals surface area contributed by atoms with Gasteiger partial charge < -0.3 is 19.2 Å². The van der Waals surface area contributed by atoms with Crippen LogP contribution in [0.25, 0.3) is 22.0 Å². The zero-order chi connectivity index (χ0) is 18.0. The highest BCUT2D eigenvalue weighted by atomic mass is 16.5. The fourth-order valence-corrected chi connectivity index (χ4v) is 2.89. The predicted molar refractivity (Wildman–Crippen MR) is 93.0 cm³/mol. The van der Waals surface area contributed by atoms with Gasteiger partial charge >= 0.3 is 11.9 Å². The Morgan fingerprint density at radius 1 is 0.880 bits per heavy atom. The predicted octanol–water partition coefficient (Wildman–Crippen LogP) is 3.42. The van der Waals surface area contributed by atoms with E-state index in [1.54, 1.807) is 31.5 Å². The molecule has 0 bridgehead atoms. The van der Waals surface area contributed by atoms with E-state index in [0.29, 0.717) is 38.9 Å². The Morgan fingerprint density at radius 3 is 2.24 bits per heavy atom. The molecule has 6 heteroatoms. The number of benzene rings is 2. The van der Waals surface area contributed by atoms with Crippen LogP contribution in [-0.2, 0) is 9.47 Å². The number of carbonyl (C=O) groups excluding carboxylic acids is 2. The molecule has 0 saturated heterocycles. The first-order valence-corrected chi connectivity index (χ1v) is 7.56. The third-order valence-electron chi connectivity index (χ3n) is 4.04. The van der Waals surface area contributed by atoms with Gasteiger partial charge in [0.2, 0.25) is 0 Å². The number of H-pyrrole nitrogens is 1. The number of ether oxygens (including phenoxy) is 3. The lowest BCUT2D eigenvalue weighted by Gasteiger charge is -2.13. The number of aromatic amines is 1.